The number of nitrogens with zero attached hydrogens (tertiary/aromatic N) is 1. The molecule has 6 heteroatoms. The zero-order valence-corrected chi connectivity index (χ0v) is 13.5. The van der Waals surface area contributed by atoms with Crippen molar-refractivity contribution in [3.63, 3.8) is 0 Å². The zero-order valence-electron chi connectivity index (χ0n) is 13.5. The third kappa shape index (κ3) is 5.87. The molecule has 2 aromatic rings. The number of rotatable bonds is 7. The summed E-state index contributed by atoms with van der Waals surface area (Å²) in [5, 5.41) is 2.77. The molecular weight excluding hydrogens is 314 g/mol. The third-order valence-corrected chi connectivity index (χ3v) is 3.43. The first-order valence-electron chi connectivity index (χ1n) is 7.66. The van der Waals surface area contributed by atoms with Crippen molar-refractivity contribution in [2.75, 3.05) is 26.7 Å². The van der Waals surface area contributed by atoms with Gasteiger partial charge in [0.2, 0.25) is 0 Å². The number of carbonyl (C=O) groups excluding carboxylic acids is 1. The lowest BCUT2D eigenvalue weighted by molar-refractivity contribution is 0.195. The topological polar surface area (TPSA) is 41.6 Å². The molecule has 0 aliphatic rings. The van der Waals surface area contributed by atoms with Crippen LogP contribution in [0.4, 0.5) is 13.6 Å². The smallest absolute Gasteiger partial charge is 0.317 e. The van der Waals surface area contributed by atoms with Gasteiger partial charge in [0.05, 0.1) is 6.54 Å². The Hall–Kier alpha value is -2.63. The average Bonchev–Trinajstić information content (AvgIpc) is 2.56. The fourth-order valence-corrected chi connectivity index (χ4v) is 2.07. The molecule has 0 saturated carbocycles. The first kappa shape index (κ1) is 17.7. The molecule has 0 heterocycles. The monoisotopic (exact) mass is 334 g/mol. The Balaban J connectivity index is 1.65. The Morgan fingerprint density at radius 2 is 1.88 bits per heavy atom. The second kappa shape index (κ2) is 8.86. The second-order valence-corrected chi connectivity index (χ2v) is 5.34. The van der Waals surface area contributed by atoms with Crippen LogP contribution in [0.1, 0.15) is 5.56 Å². The number of benzene rings is 2. The molecule has 24 heavy (non-hydrogen) atoms. The van der Waals surface area contributed by atoms with Crippen molar-refractivity contribution < 1.29 is 18.3 Å². The highest BCUT2D eigenvalue weighted by atomic mass is 19.1. The molecule has 4 nitrogen and oxygen atoms in total. The van der Waals surface area contributed by atoms with Crippen LogP contribution in [0.25, 0.3) is 0 Å². The van der Waals surface area contributed by atoms with Gasteiger partial charge in [0.1, 0.15) is 24.0 Å². The molecule has 0 spiro atoms. The number of amides is 2. The molecule has 0 aliphatic heterocycles. The molecule has 128 valence electrons. The molecule has 0 saturated heterocycles. The van der Waals surface area contributed by atoms with Crippen LogP contribution >= 0.6 is 0 Å². The molecule has 0 aromatic heterocycles. The molecule has 0 unspecified atom stereocenters. The fourth-order valence-electron chi connectivity index (χ4n) is 2.07. The first-order valence-corrected chi connectivity index (χ1v) is 7.66. The van der Waals surface area contributed by atoms with Crippen LogP contribution < -0.4 is 10.1 Å². The molecule has 1 N–H and O–H groups in total. The van der Waals surface area contributed by atoms with Crippen LogP contribution in [-0.2, 0) is 6.42 Å². The number of urea groups is 1. The van der Waals surface area contributed by atoms with Gasteiger partial charge in [0, 0.05) is 13.6 Å². The van der Waals surface area contributed by atoms with E-state index in [0.717, 1.165) is 5.56 Å². The molecule has 0 radical (unpaired) electrons. The van der Waals surface area contributed by atoms with E-state index in [1.54, 1.807) is 13.1 Å². The van der Waals surface area contributed by atoms with Gasteiger partial charge < -0.3 is 15.0 Å². The summed E-state index contributed by atoms with van der Waals surface area (Å²) in [6.07, 6.45) is 0.559. The SMILES string of the molecule is CN(CCOc1ccc(F)cc1)C(=O)NCCc1cccc(F)c1. The number of halogens is 2. The van der Waals surface area contributed by atoms with Crippen molar-refractivity contribution in [2.45, 2.75) is 6.42 Å². The summed E-state index contributed by atoms with van der Waals surface area (Å²) in [7, 11) is 1.66. The number of likely N-dealkylation sites (N-methyl/N-ethyl adjacent to an activating group) is 1. The lowest BCUT2D eigenvalue weighted by atomic mass is 10.1. The number of ether oxygens (including phenoxy) is 1. The minimum atomic E-state index is -0.322. The maximum absolute atomic E-state index is 13.1. The quantitative estimate of drug-likeness (QED) is 0.845. The third-order valence-electron chi connectivity index (χ3n) is 3.43. The van der Waals surface area contributed by atoms with Gasteiger partial charge in [-0.25, -0.2) is 13.6 Å². The largest absolute Gasteiger partial charge is 0.492 e. The Bertz CT molecular complexity index is 662. The summed E-state index contributed by atoms with van der Waals surface area (Å²) in [5.74, 6) is -0.0534. The van der Waals surface area contributed by atoms with Gasteiger partial charge in [0.15, 0.2) is 0 Å². The molecule has 0 bridgehead atoms. The average molecular weight is 334 g/mol. The van der Waals surface area contributed by atoms with Crippen LogP contribution in [0.5, 0.6) is 5.75 Å². The van der Waals surface area contributed by atoms with Gasteiger partial charge in [-0.1, -0.05) is 12.1 Å². The minimum absolute atomic E-state index is 0.228. The molecule has 2 amide bonds. The van der Waals surface area contributed by atoms with Gasteiger partial charge >= 0.3 is 6.03 Å². The summed E-state index contributed by atoms with van der Waals surface area (Å²) in [4.78, 5) is 13.4. The highest BCUT2D eigenvalue weighted by molar-refractivity contribution is 5.73. The highest BCUT2D eigenvalue weighted by Crippen LogP contribution is 2.10. The van der Waals surface area contributed by atoms with E-state index in [0.29, 0.717) is 31.9 Å². The van der Waals surface area contributed by atoms with Crippen LogP contribution in [0.15, 0.2) is 48.5 Å². The van der Waals surface area contributed by atoms with Crippen LogP contribution in [0.3, 0.4) is 0 Å². The Labute approximate surface area is 140 Å². The lowest BCUT2D eigenvalue weighted by Gasteiger charge is -2.18. The van der Waals surface area contributed by atoms with Crippen molar-refractivity contribution in [2.24, 2.45) is 0 Å². The van der Waals surface area contributed by atoms with Gasteiger partial charge in [-0.2, -0.15) is 0 Å². The van der Waals surface area contributed by atoms with E-state index >= 15 is 0 Å². The predicted octanol–water partition coefficient (Wildman–Crippen LogP) is 3.23. The van der Waals surface area contributed by atoms with E-state index in [2.05, 4.69) is 5.32 Å². The Morgan fingerprint density at radius 3 is 2.58 bits per heavy atom. The van der Waals surface area contributed by atoms with Gasteiger partial charge in [-0.3, -0.25) is 0 Å². The maximum atomic E-state index is 13.1. The number of nitrogens with one attached hydrogen (secondary N) is 1. The summed E-state index contributed by atoms with van der Waals surface area (Å²) in [6.45, 7) is 1.12. The predicted molar refractivity (Wildman–Crippen MR) is 88.0 cm³/mol. The standard InChI is InChI=1S/C18H20F2N2O2/c1-22(11-12-24-17-7-5-15(19)6-8-17)18(23)21-10-9-14-3-2-4-16(20)13-14/h2-8,13H,9-12H2,1H3,(H,21,23). The van der Waals surface area contributed by atoms with E-state index in [1.807, 2.05) is 6.07 Å². The Kier molecular flexibility index (Phi) is 6.54. The van der Waals surface area contributed by atoms with Crippen molar-refractivity contribution >= 4 is 6.03 Å². The number of hydrogen-bond donors (Lipinski definition) is 1. The maximum Gasteiger partial charge on any atom is 0.317 e. The van der Waals surface area contributed by atoms with Crippen molar-refractivity contribution in [1.82, 2.24) is 10.2 Å². The molecule has 2 aromatic carbocycles. The molecule has 0 fully saturated rings. The fraction of sp³-hybridized carbons (Fsp3) is 0.278. The van der Waals surface area contributed by atoms with Crippen molar-refractivity contribution in [3.05, 3.63) is 65.7 Å². The number of carbonyl (C=O) groups is 1. The van der Waals surface area contributed by atoms with Crippen molar-refractivity contribution in [3.8, 4) is 5.75 Å². The summed E-state index contributed by atoms with van der Waals surface area (Å²) >= 11 is 0. The van der Waals surface area contributed by atoms with Crippen LogP contribution in [0, 0.1) is 11.6 Å². The van der Waals surface area contributed by atoms with Crippen LogP contribution in [0.2, 0.25) is 0 Å². The highest BCUT2D eigenvalue weighted by Gasteiger charge is 2.08. The van der Waals surface area contributed by atoms with E-state index in [1.165, 1.54) is 41.3 Å². The molecule has 0 atom stereocenters. The summed E-state index contributed by atoms with van der Waals surface area (Å²) in [5.41, 5.74) is 0.831. The van der Waals surface area contributed by atoms with Crippen molar-refractivity contribution in [1.29, 1.82) is 0 Å². The summed E-state index contributed by atoms with van der Waals surface area (Å²) in [6, 6.07) is 11.8. The molecule has 2 rings (SSSR count). The normalized spacial score (nSPS) is 10.3. The first-order chi connectivity index (χ1) is 11.5. The van der Waals surface area contributed by atoms with E-state index in [-0.39, 0.29) is 17.7 Å². The van der Waals surface area contributed by atoms with Gasteiger partial charge in [0.25, 0.3) is 0 Å². The van der Waals surface area contributed by atoms with E-state index in [4.69, 9.17) is 4.74 Å². The van der Waals surface area contributed by atoms with E-state index < -0.39 is 0 Å². The van der Waals surface area contributed by atoms with Gasteiger partial charge in [-0.05, 0) is 48.4 Å². The lowest BCUT2D eigenvalue weighted by Crippen LogP contribution is -2.40. The van der Waals surface area contributed by atoms with Gasteiger partial charge in [-0.15, -0.1) is 0 Å². The Morgan fingerprint density at radius 1 is 1.12 bits per heavy atom. The number of hydrogen-bond acceptors (Lipinski definition) is 2. The zero-order chi connectivity index (χ0) is 17.4. The second-order valence-electron chi connectivity index (χ2n) is 5.34. The molecular formula is C18H20F2N2O2. The molecule has 0 aliphatic carbocycles. The summed E-state index contributed by atoms with van der Waals surface area (Å²) < 4.78 is 31.3. The van der Waals surface area contributed by atoms with E-state index in [9.17, 15) is 13.6 Å². The minimum Gasteiger partial charge on any atom is -0.492 e. The van der Waals surface area contributed by atoms with Crippen LogP contribution in [-0.4, -0.2) is 37.7 Å².